The van der Waals surface area contributed by atoms with Gasteiger partial charge in [-0.2, -0.15) is 0 Å². The van der Waals surface area contributed by atoms with Crippen LogP contribution in [0.3, 0.4) is 0 Å². The third-order valence-electron chi connectivity index (χ3n) is 5.28. The quantitative estimate of drug-likeness (QED) is 0.217. The lowest BCUT2D eigenvalue weighted by Crippen LogP contribution is -2.34. The highest BCUT2D eigenvalue weighted by molar-refractivity contribution is 7.80. The van der Waals surface area contributed by atoms with E-state index in [9.17, 15) is 4.79 Å². The van der Waals surface area contributed by atoms with Gasteiger partial charge >= 0.3 is 0 Å². The molecule has 0 fully saturated rings. The number of thiocarbonyl (C=S) groups is 1. The predicted molar refractivity (Wildman–Crippen MR) is 147 cm³/mol. The predicted octanol–water partition coefficient (Wildman–Crippen LogP) is 8.15. The Morgan fingerprint density at radius 3 is 2.61 bits per heavy atom. The van der Waals surface area contributed by atoms with Crippen molar-refractivity contribution in [2.45, 2.75) is 6.92 Å². The number of aryl methyl sites for hydroxylation is 1. The highest BCUT2D eigenvalue weighted by atomic mass is 35.5. The van der Waals surface area contributed by atoms with Crippen LogP contribution in [0.5, 0.6) is 0 Å². The number of hydrogen-bond donors (Lipinski definition) is 2. The van der Waals surface area contributed by atoms with Gasteiger partial charge in [0.2, 0.25) is 5.89 Å². The van der Waals surface area contributed by atoms with E-state index in [-0.39, 0.29) is 10.9 Å². The topological polar surface area (TPSA) is 80.3 Å². The number of hydrogen-bond acceptors (Lipinski definition) is 5. The summed E-state index contributed by atoms with van der Waals surface area (Å²) in [5.41, 5.74) is 4.25. The number of anilines is 1. The summed E-state index contributed by atoms with van der Waals surface area (Å²) in [5.74, 6) is 0.342. The monoisotopic (exact) mass is 555 g/mol. The zero-order valence-corrected chi connectivity index (χ0v) is 21.6. The number of halogens is 3. The summed E-state index contributed by atoms with van der Waals surface area (Å²) in [6, 6.07) is 19.3. The third kappa shape index (κ3) is 4.96. The van der Waals surface area contributed by atoms with Gasteiger partial charge in [-0.15, -0.1) is 0 Å². The van der Waals surface area contributed by atoms with Crippen LogP contribution in [-0.2, 0) is 0 Å². The summed E-state index contributed by atoms with van der Waals surface area (Å²) >= 11 is 24.0. The number of nitrogens with one attached hydrogen (secondary N) is 2. The van der Waals surface area contributed by atoms with Crippen molar-refractivity contribution in [3.8, 4) is 22.8 Å². The van der Waals surface area contributed by atoms with Crippen LogP contribution in [0.15, 0.2) is 75.6 Å². The second-order valence-electron chi connectivity index (χ2n) is 7.86. The Hall–Kier alpha value is -3.36. The molecule has 0 bridgehead atoms. The maximum Gasteiger partial charge on any atom is 0.293 e. The van der Waals surface area contributed by atoms with E-state index in [1.54, 1.807) is 42.5 Å². The minimum atomic E-state index is -0.543. The maximum absolute atomic E-state index is 12.7. The van der Waals surface area contributed by atoms with Gasteiger partial charge in [0.15, 0.2) is 16.5 Å². The van der Waals surface area contributed by atoms with Crippen LogP contribution >= 0.6 is 47.0 Å². The molecule has 2 aromatic heterocycles. The molecule has 0 spiro atoms. The Bertz CT molecular complexity index is 1640. The molecule has 0 aliphatic heterocycles. The zero-order chi connectivity index (χ0) is 25.4. The van der Waals surface area contributed by atoms with Crippen molar-refractivity contribution in [3.63, 3.8) is 0 Å². The summed E-state index contributed by atoms with van der Waals surface area (Å²) in [4.78, 5) is 17.2. The van der Waals surface area contributed by atoms with E-state index in [0.29, 0.717) is 49.1 Å². The first-order chi connectivity index (χ1) is 17.3. The van der Waals surface area contributed by atoms with Crippen LogP contribution < -0.4 is 10.6 Å². The molecule has 3 aromatic carbocycles. The number of furan rings is 1. The van der Waals surface area contributed by atoms with E-state index < -0.39 is 5.91 Å². The number of nitrogens with zero attached hydrogens (tertiary/aromatic N) is 1. The fraction of sp³-hybridized carbons (Fsp3) is 0.0385. The van der Waals surface area contributed by atoms with E-state index in [1.165, 1.54) is 6.07 Å². The maximum atomic E-state index is 12.7. The molecule has 2 heterocycles. The molecule has 0 saturated heterocycles. The molecule has 0 unspecified atom stereocenters. The largest absolute Gasteiger partial charge is 0.451 e. The van der Waals surface area contributed by atoms with Crippen LogP contribution in [0.25, 0.3) is 33.9 Å². The van der Waals surface area contributed by atoms with Crippen molar-refractivity contribution < 1.29 is 13.6 Å². The van der Waals surface area contributed by atoms with Crippen molar-refractivity contribution in [1.29, 1.82) is 0 Å². The number of oxazole rings is 1. The van der Waals surface area contributed by atoms with E-state index >= 15 is 0 Å². The minimum absolute atomic E-state index is 0.0333. The SMILES string of the molecule is Cc1ccc2nc(-c3ccc(Cl)c(NC(=S)NC(=O)c4ccc(-c5cccc(Cl)c5Cl)o4)c3)oc2c1. The Labute approximate surface area is 226 Å². The highest BCUT2D eigenvalue weighted by Crippen LogP contribution is 2.34. The Balaban J connectivity index is 1.31. The first-order valence-corrected chi connectivity index (χ1v) is 12.2. The van der Waals surface area contributed by atoms with E-state index in [1.807, 2.05) is 25.1 Å². The highest BCUT2D eigenvalue weighted by Gasteiger charge is 2.17. The van der Waals surface area contributed by atoms with Gasteiger partial charge in [-0.3, -0.25) is 10.1 Å². The smallest absolute Gasteiger partial charge is 0.293 e. The molecule has 36 heavy (non-hydrogen) atoms. The van der Waals surface area contributed by atoms with Gasteiger partial charge in [0.05, 0.1) is 20.8 Å². The molecule has 0 aliphatic rings. The van der Waals surface area contributed by atoms with Gasteiger partial charge in [0, 0.05) is 11.1 Å². The van der Waals surface area contributed by atoms with E-state index in [4.69, 9.17) is 55.9 Å². The summed E-state index contributed by atoms with van der Waals surface area (Å²) in [6.07, 6.45) is 0. The zero-order valence-electron chi connectivity index (χ0n) is 18.6. The molecule has 2 N–H and O–H groups in total. The van der Waals surface area contributed by atoms with Crippen molar-refractivity contribution in [2.75, 3.05) is 5.32 Å². The van der Waals surface area contributed by atoms with Crippen LogP contribution in [0.1, 0.15) is 16.1 Å². The molecule has 0 aliphatic carbocycles. The molecule has 0 atom stereocenters. The van der Waals surface area contributed by atoms with E-state index in [0.717, 1.165) is 11.1 Å². The van der Waals surface area contributed by atoms with Gasteiger partial charge < -0.3 is 14.2 Å². The summed E-state index contributed by atoms with van der Waals surface area (Å²) in [7, 11) is 0. The molecule has 1 amide bonds. The molecule has 5 rings (SSSR count). The Morgan fingerprint density at radius 1 is 0.944 bits per heavy atom. The summed E-state index contributed by atoms with van der Waals surface area (Å²) < 4.78 is 11.6. The lowest BCUT2D eigenvalue weighted by atomic mass is 10.2. The molecular weight excluding hydrogens is 541 g/mol. The normalized spacial score (nSPS) is 11.0. The Kier molecular flexibility index (Phi) is 6.73. The van der Waals surface area contributed by atoms with Crippen molar-refractivity contribution in [2.24, 2.45) is 0 Å². The summed E-state index contributed by atoms with van der Waals surface area (Å²) in [5, 5.41) is 6.67. The number of benzene rings is 3. The van der Waals surface area contributed by atoms with Gasteiger partial charge in [-0.25, -0.2) is 4.98 Å². The lowest BCUT2D eigenvalue weighted by molar-refractivity contribution is 0.0951. The fourth-order valence-electron chi connectivity index (χ4n) is 3.53. The average molecular weight is 557 g/mol. The number of rotatable bonds is 4. The average Bonchev–Trinajstić information content (AvgIpc) is 3.49. The number of aromatic nitrogens is 1. The standard InChI is InChI=1S/C26H16Cl3N3O3S/c1-13-5-8-18-22(11-13)35-25(30-18)14-6-7-16(27)19(12-14)31-26(36)32-24(33)21-10-9-20(34-21)15-3-2-4-17(28)23(15)29/h2-12H,1H3,(H2,31,32,33,36). The molecule has 5 aromatic rings. The second kappa shape index (κ2) is 9.95. The number of carbonyl (C=O) groups excluding carboxylic acids is 1. The van der Waals surface area contributed by atoms with Crippen molar-refractivity contribution in [3.05, 3.63) is 93.1 Å². The van der Waals surface area contributed by atoms with Crippen molar-refractivity contribution >= 4 is 74.8 Å². The van der Waals surface area contributed by atoms with Crippen molar-refractivity contribution in [1.82, 2.24) is 10.3 Å². The van der Waals surface area contributed by atoms with E-state index in [2.05, 4.69) is 15.6 Å². The molecule has 0 saturated carbocycles. The summed E-state index contributed by atoms with van der Waals surface area (Å²) in [6.45, 7) is 1.98. The van der Waals surface area contributed by atoms with Crippen LogP contribution in [0.2, 0.25) is 15.1 Å². The van der Waals surface area contributed by atoms with Gasteiger partial charge in [0.25, 0.3) is 5.91 Å². The Morgan fingerprint density at radius 2 is 1.78 bits per heavy atom. The molecule has 180 valence electrons. The van der Waals surface area contributed by atoms with Gasteiger partial charge in [-0.1, -0.05) is 46.9 Å². The number of carbonyl (C=O) groups is 1. The molecular formula is C26H16Cl3N3O3S. The minimum Gasteiger partial charge on any atom is -0.451 e. The molecule has 10 heteroatoms. The fourth-order valence-corrected chi connectivity index (χ4v) is 4.29. The molecule has 0 radical (unpaired) electrons. The van der Waals surface area contributed by atoms with Crippen LogP contribution in [-0.4, -0.2) is 16.0 Å². The molecule has 6 nitrogen and oxygen atoms in total. The van der Waals surface area contributed by atoms with Gasteiger partial charge in [-0.05, 0) is 79.3 Å². The first-order valence-electron chi connectivity index (χ1n) is 10.6. The lowest BCUT2D eigenvalue weighted by Gasteiger charge is -2.11. The van der Waals surface area contributed by atoms with Crippen LogP contribution in [0.4, 0.5) is 5.69 Å². The number of fused-ring (bicyclic) bond motifs is 1. The first kappa shape index (κ1) is 24.3. The second-order valence-corrected chi connectivity index (χ2v) is 9.46. The number of amides is 1. The van der Waals surface area contributed by atoms with Crippen LogP contribution in [0, 0.1) is 6.92 Å². The van der Waals surface area contributed by atoms with Gasteiger partial charge in [0.1, 0.15) is 11.3 Å². The third-order valence-corrected chi connectivity index (χ3v) is 6.63.